The Bertz CT molecular complexity index is 1030. The molecule has 5 nitrogen and oxygen atoms in total. The minimum atomic E-state index is -0.202. The molecule has 31 heavy (non-hydrogen) atoms. The first-order valence-electron chi connectivity index (χ1n) is 11.0. The van der Waals surface area contributed by atoms with Crippen LogP contribution in [0.4, 0.5) is 0 Å². The van der Waals surface area contributed by atoms with E-state index >= 15 is 0 Å². The van der Waals surface area contributed by atoms with Crippen molar-refractivity contribution in [3.05, 3.63) is 72.1 Å². The van der Waals surface area contributed by atoms with Gasteiger partial charge in [-0.25, -0.2) is 4.98 Å². The number of rotatable bonds is 10. The van der Waals surface area contributed by atoms with E-state index in [1.54, 1.807) is 6.92 Å². The van der Waals surface area contributed by atoms with Gasteiger partial charge in [-0.3, -0.25) is 4.79 Å². The van der Waals surface area contributed by atoms with Gasteiger partial charge in [0.15, 0.2) is 0 Å². The molecule has 3 aromatic rings. The van der Waals surface area contributed by atoms with Crippen molar-refractivity contribution in [3.63, 3.8) is 0 Å². The number of hydrogen-bond donors (Lipinski definition) is 1. The number of fused-ring (bicyclic) bond motifs is 1. The first-order chi connectivity index (χ1) is 14.9. The Morgan fingerprint density at radius 1 is 1.10 bits per heavy atom. The van der Waals surface area contributed by atoms with E-state index < -0.39 is 0 Å². The van der Waals surface area contributed by atoms with Gasteiger partial charge in [-0.2, -0.15) is 0 Å². The van der Waals surface area contributed by atoms with Crippen LogP contribution in [0.25, 0.3) is 11.0 Å². The van der Waals surface area contributed by atoms with Gasteiger partial charge in [-0.15, -0.1) is 0 Å². The first kappa shape index (κ1) is 22.6. The molecule has 0 radical (unpaired) electrons. The van der Waals surface area contributed by atoms with Gasteiger partial charge in [0.05, 0.1) is 23.7 Å². The Balaban J connectivity index is 1.61. The number of ether oxygens (including phenoxy) is 1. The van der Waals surface area contributed by atoms with Crippen molar-refractivity contribution >= 4 is 16.9 Å². The molecular formula is C26H33N3O2. The summed E-state index contributed by atoms with van der Waals surface area (Å²) in [4.78, 5) is 16.9. The molecule has 0 aliphatic rings. The molecule has 1 N–H and O–H groups in total. The zero-order chi connectivity index (χ0) is 22.4. The van der Waals surface area contributed by atoms with Crippen molar-refractivity contribution in [3.8, 4) is 5.75 Å². The number of nitrogens with one attached hydrogen (secondary N) is 1. The molecule has 0 aliphatic carbocycles. The monoisotopic (exact) mass is 419 g/mol. The SMILES string of the molecule is C=C(C)C(=O)NC(C)c1nc2ccccc2n1CCCCOc1ccc(C(C)C)cc1. The smallest absolute Gasteiger partial charge is 0.246 e. The molecule has 3 rings (SSSR count). The van der Waals surface area contributed by atoms with Crippen LogP contribution < -0.4 is 10.1 Å². The number of benzene rings is 2. The quantitative estimate of drug-likeness (QED) is 0.335. The first-order valence-corrected chi connectivity index (χ1v) is 11.0. The fraction of sp³-hybridized carbons (Fsp3) is 0.385. The summed E-state index contributed by atoms with van der Waals surface area (Å²) >= 11 is 0. The second kappa shape index (κ2) is 10.3. The fourth-order valence-corrected chi connectivity index (χ4v) is 3.56. The minimum Gasteiger partial charge on any atom is -0.494 e. The second-order valence-electron chi connectivity index (χ2n) is 8.37. The largest absolute Gasteiger partial charge is 0.494 e. The van der Waals surface area contributed by atoms with Crippen molar-refractivity contribution in [1.82, 2.24) is 14.9 Å². The third-order valence-electron chi connectivity index (χ3n) is 5.40. The van der Waals surface area contributed by atoms with Crippen molar-refractivity contribution < 1.29 is 9.53 Å². The highest BCUT2D eigenvalue weighted by Gasteiger charge is 2.18. The highest BCUT2D eigenvalue weighted by Crippen LogP contribution is 2.22. The van der Waals surface area contributed by atoms with E-state index in [1.807, 2.05) is 37.3 Å². The summed E-state index contributed by atoms with van der Waals surface area (Å²) in [6.07, 6.45) is 1.89. The third kappa shape index (κ3) is 5.75. The molecule has 1 amide bonds. The minimum absolute atomic E-state index is 0.150. The highest BCUT2D eigenvalue weighted by atomic mass is 16.5. The Kier molecular flexibility index (Phi) is 7.50. The van der Waals surface area contributed by atoms with Crippen LogP contribution in [0.2, 0.25) is 0 Å². The molecule has 1 unspecified atom stereocenters. The van der Waals surface area contributed by atoms with Crippen LogP contribution >= 0.6 is 0 Å². The van der Waals surface area contributed by atoms with E-state index in [9.17, 15) is 4.79 Å². The van der Waals surface area contributed by atoms with Gasteiger partial charge < -0.3 is 14.6 Å². The molecule has 0 saturated heterocycles. The Labute approximate surface area is 185 Å². The number of nitrogens with zero attached hydrogens (tertiary/aromatic N) is 2. The number of unbranched alkanes of at least 4 members (excludes halogenated alkanes) is 1. The van der Waals surface area contributed by atoms with Crippen LogP contribution in [0, 0.1) is 0 Å². The van der Waals surface area contributed by atoms with E-state index in [2.05, 4.69) is 48.5 Å². The molecule has 0 fully saturated rings. The summed E-state index contributed by atoms with van der Waals surface area (Å²) < 4.78 is 8.12. The molecule has 2 aromatic carbocycles. The summed E-state index contributed by atoms with van der Waals surface area (Å²) in [6.45, 7) is 13.3. The number of aromatic nitrogens is 2. The Morgan fingerprint density at radius 3 is 2.48 bits per heavy atom. The predicted molar refractivity (Wildman–Crippen MR) is 126 cm³/mol. The van der Waals surface area contributed by atoms with Crippen LogP contribution in [0.5, 0.6) is 5.75 Å². The zero-order valence-corrected chi connectivity index (χ0v) is 19.0. The number of para-hydroxylation sites is 2. The number of aryl methyl sites for hydroxylation is 1. The van der Waals surface area contributed by atoms with Gasteiger partial charge in [0.2, 0.25) is 5.91 Å². The molecule has 0 aliphatic heterocycles. The average Bonchev–Trinajstić information content (AvgIpc) is 3.12. The van der Waals surface area contributed by atoms with Gasteiger partial charge in [0.1, 0.15) is 11.6 Å². The normalized spacial score (nSPS) is 12.2. The molecule has 1 heterocycles. The number of imidazole rings is 1. The van der Waals surface area contributed by atoms with Gasteiger partial charge >= 0.3 is 0 Å². The lowest BCUT2D eigenvalue weighted by Gasteiger charge is -2.16. The molecule has 164 valence electrons. The maximum atomic E-state index is 12.1. The lowest BCUT2D eigenvalue weighted by Crippen LogP contribution is -2.29. The summed E-state index contributed by atoms with van der Waals surface area (Å²) in [5.41, 5.74) is 3.84. The predicted octanol–water partition coefficient (Wildman–Crippen LogP) is 5.77. The van der Waals surface area contributed by atoms with Crippen LogP contribution in [0.3, 0.4) is 0 Å². The third-order valence-corrected chi connectivity index (χ3v) is 5.40. The Morgan fingerprint density at radius 2 is 1.81 bits per heavy atom. The summed E-state index contributed by atoms with van der Waals surface area (Å²) in [5.74, 6) is 2.15. The fourth-order valence-electron chi connectivity index (χ4n) is 3.56. The zero-order valence-electron chi connectivity index (χ0n) is 19.0. The molecular weight excluding hydrogens is 386 g/mol. The van der Waals surface area contributed by atoms with Crippen molar-refractivity contribution in [1.29, 1.82) is 0 Å². The topological polar surface area (TPSA) is 56.2 Å². The molecule has 1 aromatic heterocycles. The van der Waals surface area contributed by atoms with Crippen molar-refractivity contribution in [2.24, 2.45) is 0 Å². The summed E-state index contributed by atoms with van der Waals surface area (Å²) in [6, 6.07) is 16.2. The van der Waals surface area contributed by atoms with Crippen molar-refractivity contribution in [2.75, 3.05) is 6.61 Å². The van der Waals surface area contributed by atoms with Crippen LogP contribution in [0.15, 0.2) is 60.7 Å². The number of carbonyl (C=O) groups excluding carboxylic acids is 1. The number of hydrogen-bond acceptors (Lipinski definition) is 3. The van der Waals surface area contributed by atoms with E-state index in [-0.39, 0.29) is 11.9 Å². The average molecular weight is 420 g/mol. The van der Waals surface area contributed by atoms with Crippen molar-refractivity contribution in [2.45, 2.75) is 59.0 Å². The summed E-state index contributed by atoms with van der Waals surface area (Å²) in [7, 11) is 0. The number of carbonyl (C=O) groups is 1. The lowest BCUT2D eigenvalue weighted by atomic mass is 10.0. The van der Waals surface area contributed by atoms with E-state index in [0.717, 1.165) is 42.0 Å². The van der Waals surface area contributed by atoms with Gasteiger partial charge in [0, 0.05) is 12.1 Å². The molecule has 5 heteroatoms. The molecule has 0 bridgehead atoms. The van der Waals surface area contributed by atoms with Crippen LogP contribution in [0.1, 0.15) is 63.9 Å². The summed E-state index contributed by atoms with van der Waals surface area (Å²) in [5, 5.41) is 2.99. The molecule has 1 atom stereocenters. The van der Waals surface area contributed by atoms with Gasteiger partial charge in [-0.05, 0) is 62.4 Å². The molecule has 0 saturated carbocycles. The van der Waals surface area contributed by atoms with Crippen LogP contribution in [-0.4, -0.2) is 22.1 Å². The second-order valence-corrected chi connectivity index (χ2v) is 8.37. The standard InChI is InChI=1S/C26H33N3O2/c1-18(2)21-12-14-22(15-13-21)31-17-9-8-16-29-24-11-7-6-10-23(24)28-25(29)20(5)27-26(30)19(3)4/h6-7,10-15,18,20H,3,8-9,16-17H2,1-2,4-5H3,(H,27,30). The maximum Gasteiger partial charge on any atom is 0.246 e. The van der Waals surface area contributed by atoms with E-state index in [1.165, 1.54) is 5.56 Å². The number of amides is 1. The van der Waals surface area contributed by atoms with Gasteiger partial charge in [-0.1, -0.05) is 44.7 Å². The van der Waals surface area contributed by atoms with E-state index in [4.69, 9.17) is 9.72 Å². The van der Waals surface area contributed by atoms with Crippen LogP contribution in [-0.2, 0) is 11.3 Å². The van der Waals surface area contributed by atoms with Gasteiger partial charge in [0.25, 0.3) is 0 Å². The lowest BCUT2D eigenvalue weighted by molar-refractivity contribution is -0.118. The Hall–Kier alpha value is -3.08. The molecule has 0 spiro atoms. The van der Waals surface area contributed by atoms with E-state index in [0.29, 0.717) is 18.1 Å². The maximum absolute atomic E-state index is 12.1. The highest BCUT2D eigenvalue weighted by molar-refractivity contribution is 5.92.